The van der Waals surface area contributed by atoms with Gasteiger partial charge >= 0.3 is 5.97 Å². The number of carboxylic acid groups (broad SMARTS) is 1. The van der Waals surface area contributed by atoms with Crippen LogP contribution in [0.5, 0.6) is 0 Å². The fourth-order valence-corrected chi connectivity index (χ4v) is 2.54. The third kappa shape index (κ3) is 1.63. The number of para-hydroxylation sites is 2. The lowest BCUT2D eigenvalue weighted by Crippen LogP contribution is -2.11. The van der Waals surface area contributed by atoms with Gasteiger partial charge in [0, 0.05) is 0 Å². The average Bonchev–Trinajstić information content (AvgIpc) is 2.89. The van der Waals surface area contributed by atoms with Gasteiger partial charge < -0.3 is 5.11 Å². The SMILES string of the molecule is C[C@H](Sc1n[nH]c2nc3ccccc3n12)C(=O)O. The Bertz CT molecular complexity index is 733. The highest BCUT2D eigenvalue weighted by molar-refractivity contribution is 8.00. The molecule has 3 rings (SSSR count). The molecule has 0 fully saturated rings. The Labute approximate surface area is 106 Å². The van der Waals surface area contributed by atoms with Gasteiger partial charge in [0.05, 0.1) is 11.0 Å². The van der Waals surface area contributed by atoms with Crippen LogP contribution in [0.4, 0.5) is 0 Å². The summed E-state index contributed by atoms with van der Waals surface area (Å²) >= 11 is 1.19. The highest BCUT2D eigenvalue weighted by Gasteiger charge is 2.18. The van der Waals surface area contributed by atoms with Crippen LogP contribution in [0.2, 0.25) is 0 Å². The number of benzene rings is 1. The van der Waals surface area contributed by atoms with Crippen molar-refractivity contribution in [3.8, 4) is 0 Å². The fraction of sp³-hybridized carbons (Fsp3) is 0.182. The molecule has 0 bridgehead atoms. The van der Waals surface area contributed by atoms with E-state index in [4.69, 9.17) is 5.11 Å². The summed E-state index contributed by atoms with van der Waals surface area (Å²) < 4.78 is 1.83. The van der Waals surface area contributed by atoms with Gasteiger partial charge in [0.25, 0.3) is 0 Å². The monoisotopic (exact) mass is 262 g/mol. The van der Waals surface area contributed by atoms with Crippen molar-refractivity contribution in [2.24, 2.45) is 0 Å². The Morgan fingerprint density at radius 3 is 3.06 bits per heavy atom. The molecule has 7 heteroatoms. The zero-order valence-corrected chi connectivity index (χ0v) is 10.3. The summed E-state index contributed by atoms with van der Waals surface area (Å²) in [5, 5.41) is 15.9. The number of aromatic amines is 1. The summed E-state index contributed by atoms with van der Waals surface area (Å²) in [5.74, 6) is -0.239. The predicted molar refractivity (Wildman–Crippen MR) is 67.8 cm³/mol. The standard InChI is InChI=1S/C11H10N4O2S/c1-6(9(16)17)18-11-14-13-10-12-7-4-2-3-5-8(7)15(10)11/h2-6H,1H3,(H,12,13)(H,16,17)/t6-/m0/s1. The number of aromatic nitrogens is 4. The second-order valence-electron chi connectivity index (χ2n) is 3.86. The lowest BCUT2D eigenvalue weighted by molar-refractivity contribution is -0.136. The van der Waals surface area contributed by atoms with Crippen LogP contribution in [0.3, 0.4) is 0 Å². The van der Waals surface area contributed by atoms with E-state index in [-0.39, 0.29) is 0 Å². The third-order valence-corrected chi connectivity index (χ3v) is 3.67. The van der Waals surface area contributed by atoms with Gasteiger partial charge in [-0.2, -0.15) is 0 Å². The summed E-state index contributed by atoms with van der Waals surface area (Å²) in [5.41, 5.74) is 1.78. The molecule has 1 aromatic carbocycles. The summed E-state index contributed by atoms with van der Waals surface area (Å²) in [6.45, 7) is 1.63. The molecule has 0 aliphatic carbocycles. The van der Waals surface area contributed by atoms with E-state index in [2.05, 4.69) is 15.2 Å². The summed E-state index contributed by atoms with van der Waals surface area (Å²) in [4.78, 5) is 15.3. The van der Waals surface area contributed by atoms with Crippen LogP contribution in [-0.4, -0.2) is 35.9 Å². The molecule has 2 aromatic heterocycles. The van der Waals surface area contributed by atoms with Crippen LogP contribution in [-0.2, 0) is 4.79 Å². The summed E-state index contributed by atoms with van der Waals surface area (Å²) in [7, 11) is 0. The molecule has 0 radical (unpaired) electrons. The highest BCUT2D eigenvalue weighted by Crippen LogP contribution is 2.25. The smallest absolute Gasteiger partial charge is 0.316 e. The Kier molecular flexibility index (Phi) is 2.48. The van der Waals surface area contributed by atoms with Gasteiger partial charge in [0.15, 0.2) is 5.16 Å². The number of fused-ring (bicyclic) bond motifs is 3. The second-order valence-corrected chi connectivity index (χ2v) is 5.17. The molecule has 0 saturated heterocycles. The van der Waals surface area contributed by atoms with E-state index in [1.54, 1.807) is 6.92 Å². The maximum Gasteiger partial charge on any atom is 0.316 e. The molecule has 2 N–H and O–H groups in total. The minimum absolute atomic E-state index is 0.558. The maximum atomic E-state index is 10.9. The van der Waals surface area contributed by atoms with Gasteiger partial charge in [0.2, 0.25) is 5.78 Å². The molecule has 0 saturated carbocycles. The van der Waals surface area contributed by atoms with Crippen LogP contribution < -0.4 is 0 Å². The normalized spacial score (nSPS) is 13.2. The van der Waals surface area contributed by atoms with Crippen LogP contribution in [0.15, 0.2) is 29.4 Å². The number of hydrogen-bond donors (Lipinski definition) is 2. The van der Waals surface area contributed by atoms with E-state index in [9.17, 15) is 4.79 Å². The number of H-pyrrole nitrogens is 1. The Morgan fingerprint density at radius 2 is 2.28 bits per heavy atom. The predicted octanol–water partition coefficient (Wildman–Crippen LogP) is 1.78. The number of carboxylic acids is 1. The minimum Gasteiger partial charge on any atom is -0.480 e. The van der Waals surface area contributed by atoms with Crippen molar-refractivity contribution in [2.45, 2.75) is 17.3 Å². The van der Waals surface area contributed by atoms with Crippen molar-refractivity contribution < 1.29 is 9.90 Å². The average molecular weight is 262 g/mol. The maximum absolute atomic E-state index is 10.9. The zero-order chi connectivity index (χ0) is 12.7. The molecular weight excluding hydrogens is 252 g/mol. The molecule has 0 aliphatic heterocycles. The van der Waals surface area contributed by atoms with Crippen molar-refractivity contribution in [1.82, 2.24) is 19.6 Å². The number of aliphatic carboxylic acids is 1. The third-order valence-electron chi connectivity index (χ3n) is 2.63. The fourth-order valence-electron chi connectivity index (χ4n) is 1.73. The highest BCUT2D eigenvalue weighted by atomic mass is 32.2. The number of thioether (sulfide) groups is 1. The topological polar surface area (TPSA) is 83.3 Å². The largest absolute Gasteiger partial charge is 0.480 e. The first-order valence-corrected chi connectivity index (χ1v) is 6.26. The number of carbonyl (C=O) groups is 1. The van der Waals surface area contributed by atoms with Crippen LogP contribution >= 0.6 is 11.8 Å². The van der Waals surface area contributed by atoms with Gasteiger partial charge in [-0.15, -0.1) is 5.10 Å². The number of hydrogen-bond acceptors (Lipinski definition) is 4. The molecule has 18 heavy (non-hydrogen) atoms. The van der Waals surface area contributed by atoms with Gasteiger partial charge in [0.1, 0.15) is 5.25 Å². The van der Waals surface area contributed by atoms with Crippen molar-refractivity contribution in [3.05, 3.63) is 24.3 Å². The molecule has 2 heterocycles. The van der Waals surface area contributed by atoms with E-state index >= 15 is 0 Å². The summed E-state index contributed by atoms with van der Waals surface area (Å²) in [6, 6.07) is 7.67. The first-order chi connectivity index (χ1) is 8.66. The van der Waals surface area contributed by atoms with E-state index in [0.29, 0.717) is 10.9 Å². The Balaban J connectivity index is 2.15. The summed E-state index contributed by atoms with van der Waals surface area (Å²) in [6.07, 6.45) is 0. The Morgan fingerprint density at radius 1 is 1.50 bits per heavy atom. The molecule has 3 aromatic rings. The van der Waals surface area contributed by atoms with E-state index < -0.39 is 11.2 Å². The lowest BCUT2D eigenvalue weighted by atomic mass is 10.3. The molecule has 0 spiro atoms. The van der Waals surface area contributed by atoms with Crippen molar-refractivity contribution in [1.29, 1.82) is 0 Å². The molecule has 0 aliphatic rings. The molecule has 0 unspecified atom stereocenters. The molecule has 1 atom stereocenters. The molecule has 6 nitrogen and oxygen atoms in total. The van der Waals surface area contributed by atoms with Crippen LogP contribution in [0.25, 0.3) is 16.8 Å². The minimum atomic E-state index is -0.861. The van der Waals surface area contributed by atoms with Gasteiger partial charge in [-0.05, 0) is 19.1 Å². The van der Waals surface area contributed by atoms with Crippen molar-refractivity contribution in [3.63, 3.8) is 0 Å². The van der Waals surface area contributed by atoms with E-state index in [1.165, 1.54) is 11.8 Å². The number of rotatable bonds is 3. The quantitative estimate of drug-likeness (QED) is 0.703. The number of imidazole rings is 1. The Hall–Kier alpha value is -2.02. The van der Waals surface area contributed by atoms with Crippen LogP contribution in [0.1, 0.15) is 6.92 Å². The first kappa shape index (κ1) is 11.1. The van der Waals surface area contributed by atoms with Crippen molar-refractivity contribution in [2.75, 3.05) is 0 Å². The zero-order valence-electron chi connectivity index (χ0n) is 9.49. The van der Waals surface area contributed by atoms with Gasteiger partial charge in [-0.3, -0.25) is 9.20 Å². The molecule has 92 valence electrons. The molecular formula is C11H10N4O2S. The lowest BCUT2D eigenvalue weighted by Gasteiger charge is -2.03. The number of nitrogens with zero attached hydrogens (tertiary/aromatic N) is 3. The van der Waals surface area contributed by atoms with Crippen molar-refractivity contribution >= 4 is 34.5 Å². The second kappa shape index (κ2) is 4.02. The first-order valence-electron chi connectivity index (χ1n) is 5.38. The van der Waals surface area contributed by atoms with Gasteiger partial charge in [-0.1, -0.05) is 23.9 Å². The molecule has 0 amide bonds. The van der Waals surface area contributed by atoms with Crippen LogP contribution in [0, 0.1) is 0 Å². The van der Waals surface area contributed by atoms with E-state index in [0.717, 1.165) is 11.0 Å². The number of nitrogens with one attached hydrogen (secondary N) is 1. The van der Waals surface area contributed by atoms with Gasteiger partial charge in [-0.25, -0.2) is 10.1 Å². The van der Waals surface area contributed by atoms with E-state index in [1.807, 2.05) is 28.7 Å².